The molecule has 0 radical (unpaired) electrons. The van der Waals surface area contributed by atoms with Crippen LogP contribution in [-0.2, 0) is 27.3 Å². The summed E-state index contributed by atoms with van der Waals surface area (Å²) in [4.78, 5) is 64.7. The van der Waals surface area contributed by atoms with E-state index in [-0.39, 0.29) is 42.6 Å². The van der Waals surface area contributed by atoms with Gasteiger partial charge in [0, 0.05) is 55.6 Å². The first kappa shape index (κ1) is 32.7. The third-order valence-electron chi connectivity index (χ3n) is 8.89. The molecule has 48 heavy (non-hydrogen) atoms. The first-order chi connectivity index (χ1) is 23.1. The fourth-order valence-corrected chi connectivity index (χ4v) is 6.41. The van der Waals surface area contributed by atoms with Gasteiger partial charge in [-0.05, 0) is 55.5 Å². The molecule has 2 aromatic heterocycles. The second kappa shape index (κ2) is 13.9. The fraction of sp³-hybridized carbons (Fsp3) is 0.429. The van der Waals surface area contributed by atoms with Crippen LogP contribution in [0.15, 0.2) is 48.7 Å². The predicted octanol–water partition coefficient (Wildman–Crippen LogP) is 3.29. The molecule has 2 aliphatic rings. The van der Waals surface area contributed by atoms with Crippen molar-refractivity contribution in [1.82, 2.24) is 35.3 Å². The van der Waals surface area contributed by atoms with Gasteiger partial charge in [0.25, 0.3) is 11.8 Å². The maximum Gasteiger partial charge on any atom is 0.264 e. The van der Waals surface area contributed by atoms with Gasteiger partial charge in [0.05, 0.1) is 18.3 Å². The molecule has 252 valence electrons. The number of hydrogen-bond acceptors (Lipinski definition) is 7. The summed E-state index contributed by atoms with van der Waals surface area (Å²) in [6.45, 7) is 6.83. The highest BCUT2D eigenvalue weighted by atomic mass is 16.5. The zero-order valence-corrected chi connectivity index (χ0v) is 27.8. The van der Waals surface area contributed by atoms with Gasteiger partial charge in [0.2, 0.25) is 11.8 Å². The number of rotatable bonds is 5. The predicted molar refractivity (Wildman–Crippen MR) is 180 cm³/mol. The molecule has 13 heteroatoms. The molecule has 2 atom stereocenters. The Morgan fingerprint density at radius 1 is 1.04 bits per heavy atom. The minimum Gasteiger partial charge on any atom is -0.482 e. The molecule has 0 bridgehead atoms. The second-order valence-electron chi connectivity index (χ2n) is 12.9. The van der Waals surface area contributed by atoms with E-state index in [1.165, 1.54) is 4.90 Å². The van der Waals surface area contributed by atoms with Crippen molar-refractivity contribution >= 4 is 40.2 Å². The van der Waals surface area contributed by atoms with Crippen LogP contribution in [0.5, 0.6) is 5.75 Å². The van der Waals surface area contributed by atoms with Crippen LogP contribution in [-0.4, -0.2) is 81.1 Å². The Morgan fingerprint density at radius 2 is 1.85 bits per heavy atom. The molecular weight excluding hydrogens is 612 g/mol. The molecule has 0 unspecified atom stereocenters. The lowest BCUT2D eigenvalue weighted by molar-refractivity contribution is -0.129. The number of benzene rings is 2. The average molecular weight is 655 g/mol. The number of nitrogens with zero attached hydrogens (tertiary/aromatic N) is 5. The van der Waals surface area contributed by atoms with E-state index in [4.69, 9.17) is 9.72 Å². The average Bonchev–Trinajstić information content (AvgIpc) is 3.65. The second-order valence-corrected chi connectivity index (χ2v) is 12.9. The van der Waals surface area contributed by atoms with Crippen LogP contribution in [0.4, 0.5) is 5.69 Å². The van der Waals surface area contributed by atoms with Crippen LogP contribution in [0.25, 0.3) is 10.9 Å². The van der Waals surface area contributed by atoms with Crippen LogP contribution in [0.2, 0.25) is 0 Å². The number of aromatic nitrogens is 4. The van der Waals surface area contributed by atoms with Crippen molar-refractivity contribution in [2.45, 2.75) is 65.1 Å². The van der Waals surface area contributed by atoms with Crippen LogP contribution in [0.1, 0.15) is 66.7 Å². The Balaban J connectivity index is 1.31. The van der Waals surface area contributed by atoms with Crippen molar-refractivity contribution < 1.29 is 23.9 Å². The standard InChI is InChI=1S/C35H42N8O5/c1-21(2)16-27-33-37-22(3)40-43(33)15-14-42(35(47)23-11-12-30-29(18-23)41(4)32(45)20-48-30)13-7-10-31(44)38-28(34(46)39-27)17-24-19-36-26-9-6-5-8-25(24)26/h5-6,8-9,11-12,18-19,21,27-28,36H,7,10,13-17,20H2,1-4H3,(H,38,44)(H,39,46)/t27-,28+/m0/s1. The Morgan fingerprint density at radius 3 is 2.67 bits per heavy atom. The lowest BCUT2D eigenvalue weighted by Crippen LogP contribution is -2.49. The van der Waals surface area contributed by atoms with Gasteiger partial charge < -0.3 is 30.2 Å². The molecule has 0 aliphatic carbocycles. The van der Waals surface area contributed by atoms with Gasteiger partial charge in [-0.3, -0.25) is 19.2 Å². The lowest BCUT2D eigenvalue weighted by Gasteiger charge is -2.28. The summed E-state index contributed by atoms with van der Waals surface area (Å²) in [5.41, 5.74) is 2.81. The number of nitrogens with one attached hydrogen (secondary N) is 3. The van der Waals surface area contributed by atoms with Crippen LogP contribution < -0.4 is 20.3 Å². The van der Waals surface area contributed by atoms with Crippen molar-refractivity contribution in [2.24, 2.45) is 5.92 Å². The zero-order valence-electron chi connectivity index (χ0n) is 27.8. The van der Waals surface area contributed by atoms with E-state index in [0.717, 1.165) is 16.5 Å². The summed E-state index contributed by atoms with van der Waals surface area (Å²) < 4.78 is 7.32. The Bertz CT molecular complexity index is 1850. The van der Waals surface area contributed by atoms with Gasteiger partial charge in [0.1, 0.15) is 23.4 Å². The van der Waals surface area contributed by atoms with Gasteiger partial charge in [-0.15, -0.1) is 0 Å². The van der Waals surface area contributed by atoms with Crippen LogP contribution in [0.3, 0.4) is 0 Å². The zero-order chi connectivity index (χ0) is 33.9. The van der Waals surface area contributed by atoms with E-state index in [1.54, 1.807) is 41.8 Å². The number of amides is 4. The number of carbonyl (C=O) groups is 4. The van der Waals surface area contributed by atoms with Gasteiger partial charge in [-0.1, -0.05) is 32.0 Å². The summed E-state index contributed by atoms with van der Waals surface area (Å²) in [7, 11) is 1.66. The van der Waals surface area contributed by atoms with Crippen molar-refractivity contribution in [1.29, 1.82) is 0 Å². The molecule has 4 heterocycles. The van der Waals surface area contributed by atoms with Gasteiger partial charge >= 0.3 is 0 Å². The third kappa shape index (κ3) is 7.04. The number of fused-ring (bicyclic) bond motifs is 3. The Hall–Kier alpha value is -5.20. The molecule has 2 aromatic carbocycles. The number of hydrogen-bond donors (Lipinski definition) is 3. The largest absolute Gasteiger partial charge is 0.482 e. The van der Waals surface area contributed by atoms with E-state index in [1.807, 2.05) is 30.5 Å². The van der Waals surface area contributed by atoms with E-state index in [9.17, 15) is 19.2 Å². The summed E-state index contributed by atoms with van der Waals surface area (Å²) in [5, 5.41) is 11.8. The van der Waals surface area contributed by atoms with Gasteiger partial charge in [-0.25, -0.2) is 9.67 Å². The molecule has 13 nitrogen and oxygen atoms in total. The van der Waals surface area contributed by atoms with Gasteiger partial charge in [0.15, 0.2) is 6.61 Å². The van der Waals surface area contributed by atoms with Crippen LogP contribution in [0, 0.1) is 12.8 Å². The molecule has 4 amide bonds. The van der Waals surface area contributed by atoms with Crippen LogP contribution >= 0.6 is 0 Å². The highest BCUT2D eigenvalue weighted by Crippen LogP contribution is 2.32. The highest BCUT2D eigenvalue weighted by Gasteiger charge is 2.30. The third-order valence-corrected chi connectivity index (χ3v) is 8.89. The van der Waals surface area contributed by atoms with Crippen molar-refractivity contribution in [3.05, 3.63) is 71.4 Å². The molecule has 0 saturated carbocycles. The minimum absolute atomic E-state index is 0.0501. The summed E-state index contributed by atoms with van der Waals surface area (Å²) in [5.74, 6) is 0.913. The van der Waals surface area contributed by atoms with E-state index in [2.05, 4.69) is 34.6 Å². The number of anilines is 1. The fourth-order valence-electron chi connectivity index (χ4n) is 6.41. The molecular formula is C35H42N8O5. The van der Waals surface area contributed by atoms with Crippen molar-refractivity contribution in [3.63, 3.8) is 0 Å². The first-order valence-electron chi connectivity index (χ1n) is 16.5. The van der Waals surface area contributed by atoms with Crippen molar-refractivity contribution in [2.75, 3.05) is 31.6 Å². The Kier molecular flexibility index (Phi) is 9.47. The molecule has 0 spiro atoms. The lowest BCUT2D eigenvalue weighted by atomic mass is 10.0. The molecule has 6 rings (SSSR count). The number of likely N-dealkylation sites (N-methyl/N-ethyl adjacent to an activating group) is 1. The number of carbonyl (C=O) groups excluding carboxylic acids is 4. The number of ether oxygens (including phenoxy) is 1. The van der Waals surface area contributed by atoms with E-state index in [0.29, 0.717) is 67.5 Å². The number of aryl methyl sites for hydroxylation is 1. The quantitative estimate of drug-likeness (QED) is 0.298. The summed E-state index contributed by atoms with van der Waals surface area (Å²) >= 11 is 0. The summed E-state index contributed by atoms with van der Waals surface area (Å²) in [6, 6.07) is 11.6. The highest BCUT2D eigenvalue weighted by molar-refractivity contribution is 6.01. The molecule has 0 fully saturated rings. The Labute approximate surface area is 279 Å². The maximum absolute atomic E-state index is 14.0. The molecule has 3 N–H and O–H groups in total. The van der Waals surface area contributed by atoms with E-state index < -0.39 is 12.1 Å². The SMILES string of the molecule is Cc1nc2n(n1)CCN(C(=O)c1ccc3c(c1)N(C)C(=O)CO3)CCCC(=O)N[C@H](Cc1c[nH]c3ccccc13)C(=O)N[C@H]2CC(C)C. The topological polar surface area (TPSA) is 155 Å². The van der Waals surface area contributed by atoms with E-state index >= 15 is 0 Å². The monoisotopic (exact) mass is 654 g/mol. The smallest absolute Gasteiger partial charge is 0.264 e. The molecule has 2 aliphatic heterocycles. The van der Waals surface area contributed by atoms with Gasteiger partial charge in [-0.2, -0.15) is 5.10 Å². The number of H-pyrrole nitrogens is 1. The number of aromatic amines is 1. The molecule has 0 saturated heterocycles. The normalized spacial score (nSPS) is 19.3. The minimum atomic E-state index is -0.832. The molecule has 4 aromatic rings. The summed E-state index contributed by atoms with van der Waals surface area (Å²) in [6.07, 6.45) is 3.28. The maximum atomic E-state index is 14.0. The number of para-hydroxylation sites is 1. The van der Waals surface area contributed by atoms with Crippen molar-refractivity contribution in [3.8, 4) is 5.75 Å². The first-order valence-corrected chi connectivity index (χ1v) is 16.5.